The SMILES string of the molecule is CC(C)CCC(O)c1cn[nH]n1. The molecule has 2 N–H and O–H groups in total. The molecule has 1 aromatic heterocycles. The molecule has 1 aromatic rings. The quantitative estimate of drug-likeness (QED) is 0.713. The third-order valence-electron chi connectivity index (χ3n) is 1.79. The van der Waals surface area contributed by atoms with Crippen LogP contribution in [0, 0.1) is 5.92 Å². The van der Waals surface area contributed by atoms with Crippen LogP contribution in [0.5, 0.6) is 0 Å². The Morgan fingerprint density at radius 3 is 2.75 bits per heavy atom. The van der Waals surface area contributed by atoms with Crippen molar-refractivity contribution in [2.75, 3.05) is 0 Å². The first-order valence-electron chi connectivity index (χ1n) is 4.24. The van der Waals surface area contributed by atoms with Gasteiger partial charge in [0.25, 0.3) is 0 Å². The van der Waals surface area contributed by atoms with Gasteiger partial charge in [-0.15, -0.1) is 0 Å². The largest absolute Gasteiger partial charge is 0.387 e. The number of aromatic nitrogens is 3. The molecule has 0 saturated heterocycles. The van der Waals surface area contributed by atoms with Gasteiger partial charge in [-0.05, 0) is 18.8 Å². The highest BCUT2D eigenvalue weighted by Crippen LogP contribution is 2.17. The third-order valence-corrected chi connectivity index (χ3v) is 1.79. The molecule has 0 amide bonds. The summed E-state index contributed by atoms with van der Waals surface area (Å²) < 4.78 is 0. The van der Waals surface area contributed by atoms with Gasteiger partial charge in [0.2, 0.25) is 0 Å². The zero-order valence-corrected chi connectivity index (χ0v) is 7.49. The Morgan fingerprint density at radius 2 is 2.25 bits per heavy atom. The first-order valence-corrected chi connectivity index (χ1v) is 4.24. The molecule has 1 unspecified atom stereocenters. The van der Waals surface area contributed by atoms with E-state index in [9.17, 15) is 5.11 Å². The Morgan fingerprint density at radius 1 is 1.50 bits per heavy atom. The predicted octanol–water partition coefficient (Wildman–Crippen LogP) is 1.27. The lowest BCUT2D eigenvalue weighted by atomic mass is 10.0. The van der Waals surface area contributed by atoms with E-state index in [1.807, 2.05) is 0 Å². The maximum atomic E-state index is 9.54. The fourth-order valence-corrected chi connectivity index (χ4v) is 1.01. The maximum Gasteiger partial charge on any atom is 0.111 e. The van der Waals surface area contributed by atoms with E-state index in [-0.39, 0.29) is 0 Å². The van der Waals surface area contributed by atoms with Crippen LogP contribution in [0.4, 0.5) is 0 Å². The van der Waals surface area contributed by atoms with E-state index in [1.165, 1.54) is 0 Å². The lowest BCUT2D eigenvalue weighted by Crippen LogP contribution is -2.00. The summed E-state index contributed by atoms with van der Waals surface area (Å²) in [7, 11) is 0. The molecule has 1 heterocycles. The van der Waals surface area contributed by atoms with Gasteiger partial charge in [-0.1, -0.05) is 13.8 Å². The van der Waals surface area contributed by atoms with Gasteiger partial charge in [-0.25, -0.2) is 0 Å². The first kappa shape index (κ1) is 9.19. The fraction of sp³-hybridized carbons (Fsp3) is 0.750. The van der Waals surface area contributed by atoms with E-state index in [0.717, 1.165) is 12.8 Å². The fourth-order valence-electron chi connectivity index (χ4n) is 1.01. The molecule has 0 bridgehead atoms. The molecule has 12 heavy (non-hydrogen) atoms. The Bertz CT molecular complexity index is 208. The van der Waals surface area contributed by atoms with Crippen LogP contribution in [-0.4, -0.2) is 20.5 Å². The van der Waals surface area contributed by atoms with Crippen LogP contribution in [0.2, 0.25) is 0 Å². The van der Waals surface area contributed by atoms with Crippen LogP contribution in [0.25, 0.3) is 0 Å². The van der Waals surface area contributed by atoms with Crippen LogP contribution < -0.4 is 0 Å². The van der Waals surface area contributed by atoms with E-state index >= 15 is 0 Å². The van der Waals surface area contributed by atoms with Crippen molar-refractivity contribution in [1.82, 2.24) is 15.4 Å². The summed E-state index contributed by atoms with van der Waals surface area (Å²) in [6.07, 6.45) is 2.86. The number of nitrogens with one attached hydrogen (secondary N) is 1. The number of hydrogen-bond acceptors (Lipinski definition) is 3. The summed E-state index contributed by atoms with van der Waals surface area (Å²) in [5.74, 6) is 0.617. The lowest BCUT2D eigenvalue weighted by molar-refractivity contribution is 0.154. The molecule has 0 fully saturated rings. The first-order chi connectivity index (χ1) is 5.70. The molecule has 1 atom stereocenters. The zero-order chi connectivity index (χ0) is 8.97. The molecule has 0 spiro atoms. The van der Waals surface area contributed by atoms with Gasteiger partial charge in [0, 0.05) is 0 Å². The van der Waals surface area contributed by atoms with Crippen LogP contribution >= 0.6 is 0 Å². The third kappa shape index (κ3) is 2.62. The maximum absolute atomic E-state index is 9.54. The van der Waals surface area contributed by atoms with Crippen molar-refractivity contribution in [3.63, 3.8) is 0 Å². The highest BCUT2D eigenvalue weighted by Gasteiger charge is 2.10. The molecule has 0 aliphatic carbocycles. The van der Waals surface area contributed by atoms with Gasteiger partial charge < -0.3 is 5.11 Å². The molecule has 0 radical (unpaired) electrons. The Balaban J connectivity index is 2.34. The minimum absolute atomic E-state index is 0.467. The van der Waals surface area contributed by atoms with Crippen molar-refractivity contribution in [1.29, 1.82) is 0 Å². The minimum Gasteiger partial charge on any atom is -0.387 e. The van der Waals surface area contributed by atoms with Crippen molar-refractivity contribution < 1.29 is 5.11 Å². The standard InChI is InChI=1S/C8H15N3O/c1-6(2)3-4-8(12)7-5-9-11-10-7/h5-6,8,12H,3-4H2,1-2H3,(H,9,10,11). The van der Waals surface area contributed by atoms with Gasteiger partial charge in [0.1, 0.15) is 5.69 Å². The minimum atomic E-state index is -0.467. The number of aromatic amines is 1. The van der Waals surface area contributed by atoms with Gasteiger partial charge >= 0.3 is 0 Å². The van der Waals surface area contributed by atoms with Crippen molar-refractivity contribution in [2.45, 2.75) is 32.8 Å². The topological polar surface area (TPSA) is 61.8 Å². The van der Waals surface area contributed by atoms with Crippen LogP contribution in [0.3, 0.4) is 0 Å². The number of aliphatic hydroxyl groups excluding tert-OH is 1. The molecule has 4 heteroatoms. The molecule has 0 saturated carbocycles. The number of H-pyrrole nitrogens is 1. The zero-order valence-electron chi connectivity index (χ0n) is 7.49. The number of nitrogens with zero attached hydrogens (tertiary/aromatic N) is 2. The summed E-state index contributed by atoms with van der Waals surface area (Å²) in [6.45, 7) is 4.27. The molecular formula is C8H15N3O. The summed E-state index contributed by atoms with van der Waals surface area (Å²) in [5, 5.41) is 19.5. The second-order valence-electron chi connectivity index (χ2n) is 3.38. The van der Waals surface area contributed by atoms with Gasteiger partial charge in [0.05, 0.1) is 12.3 Å². The van der Waals surface area contributed by atoms with E-state index in [0.29, 0.717) is 11.6 Å². The van der Waals surface area contributed by atoms with Crippen molar-refractivity contribution in [3.8, 4) is 0 Å². The van der Waals surface area contributed by atoms with Gasteiger partial charge in [-0.2, -0.15) is 15.4 Å². The molecule has 1 rings (SSSR count). The highest BCUT2D eigenvalue weighted by atomic mass is 16.3. The second kappa shape index (κ2) is 4.21. The Kier molecular flexibility index (Phi) is 3.22. The van der Waals surface area contributed by atoms with Crippen molar-refractivity contribution in [3.05, 3.63) is 11.9 Å². The van der Waals surface area contributed by atoms with E-state index in [2.05, 4.69) is 29.3 Å². The van der Waals surface area contributed by atoms with E-state index < -0.39 is 6.10 Å². The average molecular weight is 169 g/mol. The molecule has 68 valence electrons. The summed E-state index contributed by atoms with van der Waals surface area (Å²) in [5.41, 5.74) is 0.635. The molecule has 4 nitrogen and oxygen atoms in total. The molecule has 0 aliphatic rings. The summed E-state index contributed by atoms with van der Waals surface area (Å²) in [4.78, 5) is 0. The highest BCUT2D eigenvalue weighted by molar-refractivity contribution is 4.95. The summed E-state index contributed by atoms with van der Waals surface area (Å²) >= 11 is 0. The van der Waals surface area contributed by atoms with Crippen molar-refractivity contribution in [2.24, 2.45) is 5.92 Å². The smallest absolute Gasteiger partial charge is 0.111 e. The normalized spacial score (nSPS) is 13.7. The van der Waals surface area contributed by atoms with Crippen LogP contribution in [0.1, 0.15) is 38.5 Å². The molecular weight excluding hydrogens is 154 g/mol. The number of aliphatic hydroxyl groups is 1. The molecule has 0 aliphatic heterocycles. The average Bonchev–Trinajstić information content (AvgIpc) is 2.51. The van der Waals surface area contributed by atoms with Crippen LogP contribution in [-0.2, 0) is 0 Å². The van der Waals surface area contributed by atoms with Crippen molar-refractivity contribution >= 4 is 0 Å². The number of hydrogen-bond donors (Lipinski definition) is 2. The number of rotatable bonds is 4. The predicted molar refractivity (Wildman–Crippen MR) is 45.4 cm³/mol. The van der Waals surface area contributed by atoms with E-state index in [1.54, 1.807) is 6.20 Å². The van der Waals surface area contributed by atoms with Gasteiger partial charge in [-0.3, -0.25) is 0 Å². The van der Waals surface area contributed by atoms with Crippen LogP contribution in [0.15, 0.2) is 6.20 Å². The summed E-state index contributed by atoms with van der Waals surface area (Å²) in [6, 6.07) is 0. The Hall–Kier alpha value is -0.900. The monoisotopic (exact) mass is 169 g/mol. The van der Waals surface area contributed by atoms with E-state index in [4.69, 9.17) is 0 Å². The second-order valence-corrected chi connectivity index (χ2v) is 3.38. The van der Waals surface area contributed by atoms with Gasteiger partial charge in [0.15, 0.2) is 0 Å². The lowest BCUT2D eigenvalue weighted by Gasteiger charge is -2.08. The Labute approximate surface area is 72.0 Å². The molecule has 0 aromatic carbocycles.